The van der Waals surface area contributed by atoms with Gasteiger partial charge < -0.3 is 9.72 Å². The molecule has 0 bridgehead atoms. The zero-order valence-electron chi connectivity index (χ0n) is 17.2. The molecule has 0 spiro atoms. The summed E-state index contributed by atoms with van der Waals surface area (Å²) in [6.07, 6.45) is 0. The van der Waals surface area contributed by atoms with E-state index < -0.39 is 0 Å². The van der Waals surface area contributed by atoms with Crippen LogP contribution in [0.2, 0.25) is 5.02 Å². The van der Waals surface area contributed by atoms with Gasteiger partial charge in [-0.1, -0.05) is 54.1 Å². The Morgan fingerprint density at radius 2 is 1.59 bits per heavy atom. The van der Waals surface area contributed by atoms with Gasteiger partial charge in [-0.25, -0.2) is 9.97 Å². The van der Waals surface area contributed by atoms with Crippen molar-refractivity contribution < 1.29 is 4.74 Å². The second-order valence-corrected chi connectivity index (χ2v) is 7.77. The maximum absolute atomic E-state index is 13.0. The van der Waals surface area contributed by atoms with Crippen molar-refractivity contribution in [2.75, 3.05) is 7.11 Å². The van der Waals surface area contributed by atoms with Gasteiger partial charge >= 0.3 is 0 Å². The number of nitrogens with one attached hydrogen (secondary N) is 1. The third-order valence-electron chi connectivity index (χ3n) is 5.17. The zero-order chi connectivity index (χ0) is 22.1. The van der Waals surface area contributed by atoms with Crippen LogP contribution >= 0.6 is 11.6 Å². The zero-order valence-corrected chi connectivity index (χ0v) is 18.0. The molecule has 0 saturated carbocycles. The van der Waals surface area contributed by atoms with Crippen LogP contribution in [-0.4, -0.2) is 26.6 Å². The van der Waals surface area contributed by atoms with Gasteiger partial charge in [0.15, 0.2) is 11.2 Å². The Morgan fingerprint density at radius 1 is 0.906 bits per heavy atom. The molecule has 2 aromatic heterocycles. The summed E-state index contributed by atoms with van der Waals surface area (Å²) in [6, 6.07) is 24.9. The predicted octanol–water partition coefficient (Wildman–Crippen LogP) is 5.24. The van der Waals surface area contributed by atoms with Crippen LogP contribution in [0.3, 0.4) is 0 Å². The van der Waals surface area contributed by atoms with E-state index in [2.05, 4.69) is 9.97 Å². The summed E-state index contributed by atoms with van der Waals surface area (Å²) in [6.45, 7) is 0.522. The van der Waals surface area contributed by atoms with Crippen molar-refractivity contribution in [1.82, 2.24) is 19.5 Å². The van der Waals surface area contributed by atoms with Crippen molar-refractivity contribution in [2.24, 2.45) is 0 Å². The van der Waals surface area contributed by atoms with Crippen LogP contribution in [0.15, 0.2) is 83.7 Å². The minimum absolute atomic E-state index is 0.276. The fourth-order valence-corrected chi connectivity index (χ4v) is 3.77. The van der Waals surface area contributed by atoms with Gasteiger partial charge in [-0.3, -0.25) is 9.36 Å². The Bertz CT molecular complexity index is 1440. The second-order valence-electron chi connectivity index (χ2n) is 7.33. The molecule has 0 atom stereocenters. The summed E-state index contributed by atoms with van der Waals surface area (Å²) < 4.78 is 7.07. The number of hydrogen-bond donors (Lipinski definition) is 1. The second kappa shape index (κ2) is 8.42. The van der Waals surface area contributed by atoms with E-state index in [0.29, 0.717) is 28.9 Å². The molecule has 0 amide bonds. The molecule has 5 rings (SSSR count). The predicted molar refractivity (Wildman–Crippen MR) is 126 cm³/mol. The molecule has 3 aromatic carbocycles. The summed E-state index contributed by atoms with van der Waals surface area (Å²) in [7, 11) is 1.66. The standard InChI is InChI=1S/C25H19ClN4O2/c1-32-15-16-7-9-17(10-8-16)22-28-24-21(25(31)29-22)27-23(18-11-13-19(26)14-12-18)30(24)20-5-3-2-4-6-20/h2-14H,15H2,1H3,(H,28,29,31). The largest absolute Gasteiger partial charge is 0.380 e. The van der Waals surface area contributed by atoms with Crippen LogP contribution < -0.4 is 5.56 Å². The van der Waals surface area contributed by atoms with Crippen LogP contribution in [0.5, 0.6) is 0 Å². The number of imidazole rings is 1. The molecule has 0 aliphatic carbocycles. The molecule has 0 aliphatic heterocycles. The highest BCUT2D eigenvalue weighted by atomic mass is 35.5. The molecule has 158 valence electrons. The molecule has 0 aliphatic rings. The third-order valence-corrected chi connectivity index (χ3v) is 5.42. The van der Waals surface area contributed by atoms with Crippen LogP contribution in [-0.2, 0) is 11.3 Å². The number of ether oxygens (including phenoxy) is 1. The Labute approximate surface area is 189 Å². The van der Waals surface area contributed by atoms with E-state index in [1.807, 2.05) is 71.3 Å². The number of aromatic amines is 1. The number of aromatic nitrogens is 4. The smallest absolute Gasteiger partial charge is 0.279 e. The van der Waals surface area contributed by atoms with Crippen molar-refractivity contribution in [2.45, 2.75) is 6.61 Å². The van der Waals surface area contributed by atoms with E-state index in [1.54, 1.807) is 19.2 Å². The monoisotopic (exact) mass is 442 g/mol. The Balaban J connectivity index is 1.75. The summed E-state index contributed by atoms with van der Waals surface area (Å²) in [5, 5.41) is 0.631. The van der Waals surface area contributed by atoms with Crippen molar-refractivity contribution in [1.29, 1.82) is 0 Å². The highest BCUT2D eigenvalue weighted by Crippen LogP contribution is 2.28. The molecular weight excluding hydrogens is 424 g/mol. The van der Waals surface area contributed by atoms with Gasteiger partial charge in [0, 0.05) is 28.9 Å². The molecule has 1 N–H and O–H groups in total. The topological polar surface area (TPSA) is 72.8 Å². The molecule has 7 heteroatoms. The van der Waals surface area contributed by atoms with Gasteiger partial charge in [-0.05, 0) is 42.0 Å². The van der Waals surface area contributed by atoms with Crippen molar-refractivity contribution in [3.8, 4) is 28.5 Å². The molecule has 32 heavy (non-hydrogen) atoms. The van der Waals surface area contributed by atoms with Crippen LogP contribution in [0, 0.1) is 0 Å². The maximum Gasteiger partial charge on any atom is 0.279 e. The quantitative estimate of drug-likeness (QED) is 0.404. The Kier molecular flexibility index (Phi) is 5.31. The number of H-pyrrole nitrogens is 1. The lowest BCUT2D eigenvalue weighted by Gasteiger charge is -2.09. The number of nitrogens with zero attached hydrogens (tertiary/aromatic N) is 3. The number of methoxy groups -OCH3 is 1. The number of rotatable bonds is 5. The molecular formula is C25H19ClN4O2. The molecule has 5 aromatic rings. The summed E-state index contributed by atoms with van der Waals surface area (Å²) >= 11 is 6.08. The van der Waals surface area contributed by atoms with Crippen LogP contribution in [0.4, 0.5) is 0 Å². The van der Waals surface area contributed by atoms with E-state index in [-0.39, 0.29) is 11.1 Å². The van der Waals surface area contributed by atoms with Crippen LogP contribution in [0.1, 0.15) is 5.56 Å². The van der Waals surface area contributed by atoms with Gasteiger partial charge in [-0.2, -0.15) is 0 Å². The normalized spacial score (nSPS) is 11.2. The van der Waals surface area contributed by atoms with Crippen LogP contribution in [0.25, 0.3) is 39.6 Å². The average Bonchev–Trinajstić information content (AvgIpc) is 3.21. The Morgan fingerprint density at radius 3 is 2.28 bits per heavy atom. The molecule has 0 fully saturated rings. The van der Waals surface area contributed by atoms with E-state index in [9.17, 15) is 4.79 Å². The van der Waals surface area contributed by atoms with Crippen molar-refractivity contribution >= 4 is 22.8 Å². The number of hydrogen-bond acceptors (Lipinski definition) is 4. The minimum atomic E-state index is -0.295. The third kappa shape index (κ3) is 3.70. The first kappa shape index (κ1) is 20.2. The molecule has 0 unspecified atom stereocenters. The number of halogens is 1. The summed E-state index contributed by atoms with van der Waals surface area (Å²) in [5.41, 5.74) is 4.01. The van der Waals surface area contributed by atoms with Crippen molar-refractivity contribution in [3.63, 3.8) is 0 Å². The fraction of sp³-hybridized carbons (Fsp3) is 0.0800. The summed E-state index contributed by atoms with van der Waals surface area (Å²) in [5.74, 6) is 1.10. The lowest BCUT2D eigenvalue weighted by Crippen LogP contribution is -2.10. The van der Waals surface area contributed by atoms with Crippen molar-refractivity contribution in [3.05, 3.63) is 99.8 Å². The molecule has 6 nitrogen and oxygen atoms in total. The number of benzene rings is 3. The fourth-order valence-electron chi connectivity index (χ4n) is 3.64. The highest BCUT2D eigenvalue weighted by Gasteiger charge is 2.19. The SMILES string of the molecule is COCc1ccc(-c2nc3c(nc(-c4ccc(Cl)cc4)n3-c3ccccc3)c(=O)[nH]2)cc1. The van der Waals surface area contributed by atoms with Gasteiger partial charge in [0.2, 0.25) is 0 Å². The van der Waals surface area contributed by atoms with E-state index >= 15 is 0 Å². The minimum Gasteiger partial charge on any atom is -0.380 e. The van der Waals surface area contributed by atoms with Gasteiger partial charge in [0.05, 0.1) is 6.61 Å². The van der Waals surface area contributed by atoms with Gasteiger partial charge in [0.1, 0.15) is 11.6 Å². The first-order chi connectivity index (χ1) is 15.6. The summed E-state index contributed by atoms with van der Waals surface area (Å²) in [4.78, 5) is 25.4. The van der Waals surface area contributed by atoms with Gasteiger partial charge in [-0.15, -0.1) is 0 Å². The molecule has 0 radical (unpaired) electrons. The van der Waals surface area contributed by atoms with Gasteiger partial charge in [0.25, 0.3) is 5.56 Å². The Hall–Kier alpha value is -3.74. The lowest BCUT2D eigenvalue weighted by atomic mass is 10.1. The number of fused-ring (bicyclic) bond motifs is 1. The first-order valence-corrected chi connectivity index (χ1v) is 10.4. The lowest BCUT2D eigenvalue weighted by molar-refractivity contribution is 0.185. The first-order valence-electron chi connectivity index (χ1n) is 10.1. The maximum atomic E-state index is 13.0. The van der Waals surface area contributed by atoms with E-state index in [0.717, 1.165) is 22.4 Å². The average molecular weight is 443 g/mol. The molecule has 2 heterocycles. The van der Waals surface area contributed by atoms with E-state index in [1.165, 1.54) is 0 Å². The van der Waals surface area contributed by atoms with E-state index in [4.69, 9.17) is 21.3 Å². The molecule has 0 saturated heterocycles. The number of para-hydroxylation sites is 1. The highest BCUT2D eigenvalue weighted by molar-refractivity contribution is 6.30.